The lowest BCUT2D eigenvalue weighted by Gasteiger charge is -2.03. The van der Waals surface area contributed by atoms with Gasteiger partial charge in [0, 0.05) is 5.56 Å². The van der Waals surface area contributed by atoms with Crippen LogP contribution in [0.5, 0.6) is 0 Å². The van der Waals surface area contributed by atoms with Crippen molar-refractivity contribution in [2.45, 2.75) is 32.6 Å². The molecule has 86 valence electrons. The molecule has 0 aliphatic heterocycles. The van der Waals surface area contributed by atoms with Crippen LogP contribution >= 0.6 is 11.8 Å². The van der Waals surface area contributed by atoms with Crippen molar-refractivity contribution in [1.29, 1.82) is 10.8 Å². The van der Waals surface area contributed by atoms with Crippen LogP contribution < -0.4 is 0 Å². The average molecular weight is 234 g/mol. The summed E-state index contributed by atoms with van der Waals surface area (Å²) < 4.78 is 0. The molecule has 3 heteroatoms. The topological polar surface area (TPSA) is 47.7 Å². The van der Waals surface area contributed by atoms with Gasteiger partial charge in [0.25, 0.3) is 0 Å². The van der Waals surface area contributed by atoms with E-state index in [-0.39, 0.29) is 0 Å². The van der Waals surface area contributed by atoms with Crippen LogP contribution in [0.15, 0.2) is 24.3 Å². The van der Waals surface area contributed by atoms with Crippen LogP contribution in [-0.4, -0.2) is 10.6 Å². The molecule has 0 spiro atoms. The molecule has 0 aromatic heterocycles. The van der Waals surface area contributed by atoms with Crippen LogP contribution in [0.1, 0.15) is 43.7 Å². The van der Waals surface area contributed by atoms with Gasteiger partial charge in [-0.2, -0.15) is 0 Å². The van der Waals surface area contributed by atoms with Gasteiger partial charge in [-0.05, 0) is 30.4 Å². The number of hydrogen-bond acceptors (Lipinski definition) is 3. The Morgan fingerprint density at radius 3 is 2.62 bits per heavy atom. The van der Waals surface area contributed by atoms with Gasteiger partial charge in [0.2, 0.25) is 0 Å². The van der Waals surface area contributed by atoms with Crippen LogP contribution in [0, 0.1) is 10.8 Å². The first-order chi connectivity index (χ1) is 7.81. The molecule has 0 amide bonds. The van der Waals surface area contributed by atoms with E-state index < -0.39 is 0 Å². The van der Waals surface area contributed by atoms with Crippen LogP contribution in [0.2, 0.25) is 0 Å². The summed E-state index contributed by atoms with van der Waals surface area (Å²) in [6.07, 6.45) is 2.57. The minimum atomic E-state index is 0.461. The summed E-state index contributed by atoms with van der Waals surface area (Å²) in [7, 11) is 0. The summed E-state index contributed by atoms with van der Waals surface area (Å²) in [6, 6.07) is 8.15. The van der Waals surface area contributed by atoms with Gasteiger partial charge in [0.05, 0.1) is 10.6 Å². The van der Waals surface area contributed by atoms with E-state index in [2.05, 4.69) is 12.1 Å². The molecule has 1 aliphatic rings. The number of nitrogens with one attached hydrogen (secondary N) is 2. The molecule has 1 saturated carbocycles. The van der Waals surface area contributed by atoms with Crippen molar-refractivity contribution in [2.75, 3.05) is 0 Å². The summed E-state index contributed by atoms with van der Waals surface area (Å²) >= 11 is 1.15. The number of thioether (sulfide) groups is 1. The van der Waals surface area contributed by atoms with Crippen LogP contribution in [0.25, 0.3) is 0 Å². The summed E-state index contributed by atoms with van der Waals surface area (Å²) in [4.78, 5) is 0. The van der Waals surface area contributed by atoms with E-state index in [4.69, 9.17) is 10.8 Å². The molecule has 2 rings (SSSR count). The Labute approximate surface area is 101 Å². The maximum absolute atomic E-state index is 7.70. The van der Waals surface area contributed by atoms with E-state index in [0.717, 1.165) is 23.2 Å². The molecule has 0 unspecified atom stereocenters. The highest BCUT2D eigenvalue weighted by atomic mass is 32.2. The SMILES string of the molecule is CC.N=CSC(=N)c1cccc(C2CC2)c1. The fraction of sp³-hybridized carbons (Fsp3) is 0.385. The van der Waals surface area contributed by atoms with E-state index in [1.807, 2.05) is 26.0 Å². The van der Waals surface area contributed by atoms with Crippen molar-refractivity contribution in [3.8, 4) is 0 Å². The third-order valence-corrected chi connectivity index (χ3v) is 2.96. The molecular weight excluding hydrogens is 216 g/mol. The second kappa shape index (κ2) is 6.48. The molecule has 1 fully saturated rings. The largest absolute Gasteiger partial charge is 0.301 e. The van der Waals surface area contributed by atoms with E-state index >= 15 is 0 Å². The lowest BCUT2D eigenvalue weighted by Crippen LogP contribution is -1.94. The van der Waals surface area contributed by atoms with Crippen molar-refractivity contribution < 1.29 is 0 Å². The summed E-state index contributed by atoms with van der Waals surface area (Å²) in [5.74, 6) is 0.729. The zero-order valence-electron chi connectivity index (χ0n) is 9.79. The summed E-state index contributed by atoms with van der Waals surface area (Å²) in [5.41, 5.74) is 3.48. The molecule has 1 aliphatic carbocycles. The van der Waals surface area contributed by atoms with Crippen LogP contribution in [0.3, 0.4) is 0 Å². The van der Waals surface area contributed by atoms with Gasteiger partial charge in [0.1, 0.15) is 0 Å². The second-order valence-electron chi connectivity index (χ2n) is 3.46. The van der Waals surface area contributed by atoms with E-state index in [1.54, 1.807) is 0 Å². The highest BCUT2D eigenvalue weighted by molar-refractivity contribution is 8.25. The molecule has 0 radical (unpaired) electrons. The molecule has 1 aromatic rings. The Balaban J connectivity index is 0.000000606. The van der Waals surface area contributed by atoms with Gasteiger partial charge in [-0.15, -0.1) is 0 Å². The highest BCUT2D eigenvalue weighted by Crippen LogP contribution is 2.40. The van der Waals surface area contributed by atoms with E-state index in [1.165, 1.54) is 24.0 Å². The smallest absolute Gasteiger partial charge is 0.0999 e. The van der Waals surface area contributed by atoms with E-state index in [9.17, 15) is 0 Å². The quantitative estimate of drug-likeness (QED) is 0.596. The monoisotopic (exact) mass is 234 g/mol. The number of rotatable bonds is 3. The third kappa shape index (κ3) is 3.49. The van der Waals surface area contributed by atoms with Gasteiger partial charge in [-0.25, -0.2) is 0 Å². The van der Waals surface area contributed by atoms with Crippen molar-refractivity contribution in [1.82, 2.24) is 0 Å². The van der Waals surface area contributed by atoms with Crippen molar-refractivity contribution in [3.63, 3.8) is 0 Å². The van der Waals surface area contributed by atoms with Crippen molar-refractivity contribution in [3.05, 3.63) is 35.4 Å². The minimum absolute atomic E-state index is 0.461. The van der Waals surface area contributed by atoms with Crippen molar-refractivity contribution in [2.24, 2.45) is 0 Å². The zero-order chi connectivity index (χ0) is 12.0. The van der Waals surface area contributed by atoms with Crippen LogP contribution in [0.4, 0.5) is 0 Å². The Morgan fingerprint density at radius 1 is 1.38 bits per heavy atom. The number of benzene rings is 1. The molecule has 16 heavy (non-hydrogen) atoms. The Kier molecular flexibility index (Phi) is 5.26. The van der Waals surface area contributed by atoms with Gasteiger partial charge in [-0.1, -0.05) is 43.8 Å². The Morgan fingerprint density at radius 2 is 2.06 bits per heavy atom. The molecule has 0 bridgehead atoms. The number of hydrogen-bond donors (Lipinski definition) is 2. The molecule has 0 saturated heterocycles. The maximum Gasteiger partial charge on any atom is 0.0999 e. The fourth-order valence-corrected chi connectivity index (χ4v) is 1.86. The van der Waals surface area contributed by atoms with Gasteiger partial charge >= 0.3 is 0 Å². The Bertz CT molecular complexity index is 370. The third-order valence-electron chi connectivity index (χ3n) is 2.37. The van der Waals surface area contributed by atoms with Gasteiger partial charge < -0.3 is 5.41 Å². The first-order valence-corrected chi connectivity index (χ1v) is 6.53. The molecule has 2 N–H and O–H groups in total. The van der Waals surface area contributed by atoms with Crippen molar-refractivity contribution >= 4 is 22.4 Å². The lowest BCUT2D eigenvalue weighted by atomic mass is 10.1. The molecule has 0 atom stereocenters. The molecular formula is C13H18N2S. The van der Waals surface area contributed by atoms with Gasteiger partial charge in [-0.3, -0.25) is 5.41 Å². The highest BCUT2D eigenvalue weighted by Gasteiger charge is 2.23. The predicted octanol–water partition coefficient (Wildman–Crippen LogP) is 4.26. The molecule has 2 nitrogen and oxygen atoms in total. The van der Waals surface area contributed by atoms with Crippen LogP contribution in [-0.2, 0) is 0 Å². The molecule has 1 aromatic carbocycles. The second-order valence-corrected chi connectivity index (χ2v) is 4.34. The average Bonchev–Trinajstić information content (AvgIpc) is 3.16. The zero-order valence-corrected chi connectivity index (χ0v) is 10.6. The predicted molar refractivity (Wildman–Crippen MR) is 73.0 cm³/mol. The maximum atomic E-state index is 7.70. The lowest BCUT2D eigenvalue weighted by molar-refractivity contribution is 1.13. The fourth-order valence-electron chi connectivity index (χ4n) is 1.48. The van der Waals surface area contributed by atoms with Gasteiger partial charge in [0.15, 0.2) is 0 Å². The summed E-state index contributed by atoms with van der Waals surface area (Å²) in [5, 5.41) is 15.1. The van der Waals surface area contributed by atoms with E-state index in [0.29, 0.717) is 5.04 Å². The minimum Gasteiger partial charge on any atom is -0.301 e. The Hall–Kier alpha value is -1.09. The first kappa shape index (κ1) is 13.0. The first-order valence-electron chi connectivity index (χ1n) is 5.66. The normalized spacial score (nSPS) is 13.6. The summed E-state index contributed by atoms with van der Waals surface area (Å²) in [6.45, 7) is 4.00. The standard InChI is InChI=1S/C11H12N2S.C2H6/c12-7-14-11(13)10-3-1-2-9(6-10)8-4-5-8;1-2/h1-3,6-8,12-13H,4-5H2;1-2H3. The molecule has 0 heterocycles.